The summed E-state index contributed by atoms with van der Waals surface area (Å²) in [6.07, 6.45) is 0. The first-order chi connectivity index (χ1) is 16.7. The molecule has 1 saturated heterocycles. The minimum Gasteiger partial charge on any atom is -0.495 e. The second kappa shape index (κ2) is 10.4. The van der Waals surface area contributed by atoms with Crippen molar-refractivity contribution in [3.05, 3.63) is 35.1 Å². The minimum absolute atomic E-state index is 0.0597. The Balaban J connectivity index is 1.77. The van der Waals surface area contributed by atoms with Gasteiger partial charge in [-0.15, -0.1) is 0 Å². The summed E-state index contributed by atoms with van der Waals surface area (Å²) < 4.78 is 40.5. The number of hydrogen-bond acceptors (Lipinski definition) is 8. The predicted molar refractivity (Wildman–Crippen MR) is 131 cm³/mol. The number of amides is 1. The fourth-order valence-corrected chi connectivity index (χ4v) is 5.72. The largest absolute Gasteiger partial charge is 0.495 e. The van der Waals surface area contributed by atoms with Crippen molar-refractivity contribution in [2.75, 3.05) is 51.8 Å². The van der Waals surface area contributed by atoms with Crippen molar-refractivity contribution >= 4 is 38.9 Å². The highest BCUT2D eigenvalue weighted by atomic mass is 35.5. The van der Waals surface area contributed by atoms with E-state index in [1.165, 1.54) is 18.3 Å². The molecule has 0 bridgehead atoms. The van der Waals surface area contributed by atoms with Crippen molar-refractivity contribution < 1.29 is 22.7 Å². The van der Waals surface area contributed by atoms with Crippen molar-refractivity contribution in [3.63, 3.8) is 0 Å². The fourth-order valence-electron chi connectivity index (χ4n) is 3.95. The lowest BCUT2D eigenvalue weighted by Gasteiger charge is -2.26. The van der Waals surface area contributed by atoms with E-state index in [4.69, 9.17) is 21.1 Å². The molecular formula is C22H27ClN6O5S. The van der Waals surface area contributed by atoms with Crippen LogP contribution in [0.3, 0.4) is 0 Å². The number of aromatic nitrogens is 3. The van der Waals surface area contributed by atoms with E-state index in [2.05, 4.69) is 20.7 Å². The first-order valence-electron chi connectivity index (χ1n) is 11.0. The number of halogens is 1. The van der Waals surface area contributed by atoms with Crippen LogP contribution in [0.25, 0.3) is 16.9 Å². The highest BCUT2D eigenvalue weighted by Crippen LogP contribution is 2.35. The molecule has 11 nitrogen and oxygen atoms in total. The van der Waals surface area contributed by atoms with Gasteiger partial charge in [0.15, 0.2) is 10.8 Å². The number of aryl methyl sites for hydroxylation is 1. The van der Waals surface area contributed by atoms with E-state index in [0.717, 1.165) is 0 Å². The Hall–Kier alpha value is -2.93. The number of fused-ring (bicyclic) bond motifs is 1. The average Bonchev–Trinajstić information content (AvgIpc) is 3.17. The van der Waals surface area contributed by atoms with Crippen LogP contribution in [-0.4, -0.2) is 79.7 Å². The highest BCUT2D eigenvalue weighted by molar-refractivity contribution is 7.89. The second-order valence-electron chi connectivity index (χ2n) is 7.95. The van der Waals surface area contributed by atoms with Crippen LogP contribution in [0.5, 0.6) is 5.75 Å². The molecule has 0 aliphatic carbocycles. The number of sulfonamides is 1. The van der Waals surface area contributed by atoms with Gasteiger partial charge in [0.05, 0.1) is 37.4 Å². The van der Waals surface area contributed by atoms with Crippen LogP contribution in [0.4, 0.5) is 5.69 Å². The molecule has 0 spiro atoms. The number of morpholine rings is 1. The lowest BCUT2D eigenvalue weighted by atomic mass is 10.1. The molecule has 3 aromatic rings. The number of hydrogen-bond donors (Lipinski definition) is 2. The summed E-state index contributed by atoms with van der Waals surface area (Å²) in [5, 5.41) is 10.6. The van der Waals surface area contributed by atoms with E-state index >= 15 is 0 Å². The van der Waals surface area contributed by atoms with Gasteiger partial charge in [0.2, 0.25) is 15.9 Å². The zero-order valence-corrected chi connectivity index (χ0v) is 21.2. The average molecular weight is 523 g/mol. The Morgan fingerprint density at radius 1 is 1.23 bits per heavy atom. The van der Waals surface area contributed by atoms with Crippen LogP contribution in [0.1, 0.15) is 12.6 Å². The molecule has 4 rings (SSSR count). The number of nitrogens with one attached hydrogen (secondary N) is 2. The Morgan fingerprint density at radius 3 is 2.66 bits per heavy atom. The normalized spacial score (nSPS) is 14.7. The van der Waals surface area contributed by atoms with Crippen LogP contribution < -0.4 is 15.4 Å². The number of rotatable bonds is 8. The van der Waals surface area contributed by atoms with Gasteiger partial charge in [0.25, 0.3) is 0 Å². The molecule has 1 aliphatic rings. The number of benzene rings is 1. The van der Waals surface area contributed by atoms with Crippen LogP contribution >= 0.6 is 11.6 Å². The van der Waals surface area contributed by atoms with Gasteiger partial charge in [0.1, 0.15) is 10.6 Å². The summed E-state index contributed by atoms with van der Waals surface area (Å²) in [6.45, 7) is 5.38. The van der Waals surface area contributed by atoms with Crippen LogP contribution in [0.15, 0.2) is 29.2 Å². The Kier molecular flexibility index (Phi) is 7.45. The van der Waals surface area contributed by atoms with Gasteiger partial charge >= 0.3 is 0 Å². The highest BCUT2D eigenvalue weighted by Gasteiger charge is 2.30. The second-order valence-corrected chi connectivity index (χ2v) is 10.2. The molecule has 0 radical (unpaired) electrons. The molecule has 2 N–H and O–H groups in total. The third-order valence-corrected chi connectivity index (χ3v) is 7.67. The Labute approximate surface area is 208 Å². The molecule has 0 saturated carbocycles. The summed E-state index contributed by atoms with van der Waals surface area (Å²) in [5.41, 5.74) is 3.01. The number of carbonyl (C=O) groups excluding carboxylic acids is 1. The number of nitrogens with zero attached hydrogens (tertiary/aromatic N) is 4. The van der Waals surface area contributed by atoms with Crippen LogP contribution in [0, 0.1) is 6.92 Å². The molecule has 35 heavy (non-hydrogen) atoms. The maximum atomic E-state index is 13.4. The van der Waals surface area contributed by atoms with E-state index in [0.29, 0.717) is 54.6 Å². The van der Waals surface area contributed by atoms with E-state index in [9.17, 15) is 13.2 Å². The zero-order chi connectivity index (χ0) is 25.2. The molecule has 1 aliphatic heterocycles. The first-order valence-corrected chi connectivity index (χ1v) is 12.8. The van der Waals surface area contributed by atoms with E-state index in [1.54, 1.807) is 28.8 Å². The first kappa shape index (κ1) is 25.2. The fraction of sp³-hybridized carbons (Fsp3) is 0.409. The summed E-state index contributed by atoms with van der Waals surface area (Å²) in [6, 6.07) is 6.62. The van der Waals surface area contributed by atoms with Crippen LogP contribution in [-0.2, 0) is 19.6 Å². The van der Waals surface area contributed by atoms with Crippen molar-refractivity contribution in [1.29, 1.82) is 0 Å². The summed E-state index contributed by atoms with van der Waals surface area (Å²) in [7, 11) is -2.38. The van der Waals surface area contributed by atoms with Gasteiger partial charge in [0, 0.05) is 44.7 Å². The minimum atomic E-state index is -3.82. The Bertz CT molecular complexity index is 1350. The lowest BCUT2D eigenvalue weighted by molar-refractivity contribution is -0.118. The topological polar surface area (TPSA) is 127 Å². The molecule has 2 aromatic heterocycles. The molecule has 188 valence electrons. The summed E-state index contributed by atoms with van der Waals surface area (Å²) in [5.74, 6) is 0.129. The molecule has 3 heterocycles. The third kappa shape index (κ3) is 5.20. The van der Waals surface area contributed by atoms with Crippen molar-refractivity contribution in [2.24, 2.45) is 0 Å². The Morgan fingerprint density at radius 2 is 1.97 bits per heavy atom. The van der Waals surface area contributed by atoms with Gasteiger partial charge in [-0.25, -0.2) is 17.9 Å². The van der Waals surface area contributed by atoms with Crippen LogP contribution in [0.2, 0.25) is 5.15 Å². The van der Waals surface area contributed by atoms with Gasteiger partial charge in [-0.2, -0.15) is 9.40 Å². The van der Waals surface area contributed by atoms with Gasteiger partial charge in [-0.05, 0) is 25.1 Å². The third-order valence-electron chi connectivity index (χ3n) is 5.57. The molecule has 1 fully saturated rings. The monoisotopic (exact) mass is 522 g/mol. The van der Waals surface area contributed by atoms with Gasteiger partial charge < -0.3 is 20.1 Å². The summed E-state index contributed by atoms with van der Waals surface area (Å²) >= 11 is 6.31. The van der Waals surface area contributed by atoms with Crippen molar-refractivity contribution in [3.8, 4) is 17.0 Å². The number of methoxy groups -OCH3 is 1. The van der Waals surface area contributed by atoms with E-state index < -0.39 is 10.0 Å². The zero-order valence-electron chi connectivity index (χ0n) is 19.7. The molecule has 1 amide bonds. The molecular weight excluding hydrogens is 496 g/mol. The van der Waals surface area contributed by atoms with Crippen molar-refractivity contribution in [2.45, 2.75) is 18.7 Å². The van der Waals surface area contributed by atoms with Gasteiger partial charge in [-0.1, -0.05) is 11.6 Å². The standard InChI is InChI=1S/C22H27ClN6O5S/c1-14-21(29-22(26-14)17(13-20(23)27-29)25-7-6-24-15(2)30)16-4-5-18(33-3)19(12-16)35(31,32)28-8-10-34-11-9-28/h4-5,12-13,25H,6-11H2,1-3H3,(H,24,30). The molecule has 1 aromatic carbocycles. The number of imidazole rings is 1. The molecule has 0 atom stereocenters. The predicted octanol–water partition coefficient (Wildman–Crippen LogP) is 1.94. The van der Waals surface area contributed by atoms with Gasteiger partial charge in [-0.3, -0.25) is 4.79 Å². The lowest BCUT2D eigenvalue weighted by Crippen LogP contribution is -2.40. The van der Waals surface area contributed by atoms with E-state index in [-0.39, 0.29) is 34.8 Å². The number of ether oxygens (including phenoxy) is 2. The van der Waals surface area contributed by atoms with E-state index in [1.807, 2.05) is 6.92 Å². The van der Waals surface area contributed by atoms with Crippen molar-refractivity contribution in [1.82, 2.24) is 24.2 Å². The molecule has 0 unspecified atom stereocenters. The smallest absolute Gasteiger partial charge is 0.246 e. The summed E-state index contributed by atoms with van der Waals surface area (Å²) in [4.78, 5) is 15.8. The number of carbonyl (C=O) groups is 1. The maximum Gasteiger partial charge on any atom is 0.246 e. The SMILES string of the molecule is COc1ccc(-c2c(C)nc3c(NCCNC(C)=O)cc(Cl)nn23)cc1S(=O)(=O)N1CCOCC1. The quantitative estimate of drug-likeness (QED) is 0.430. The number of anilines is 1. The maximum absolute atomic E-state index is 13.4. The molecule has 13 heteroatoms.